The fourth-order valence-corrected chi connectivity index (χ4v) is 1.88. The van der Waals surface area contributed by atoms with Crippen molar-refractivity contribution in [2.24, 2.45) is 0 Å². The van der Waals surface area contributed by atoms with E-state index in [9.17, 15) is 32.3 Å². The largest absolute Gasteiger partial charge is 0.544 e. The first-order valence-electron chi connectivity index (χ1n) is 7.29. The van der Waals surface area contributed by atoms with Gasteiger partial charge in [0.05, 0.1) is 0 Å². The van der Waals surface area contributed by atoms with E-state index in [1.807, 2.05) is 26.0 Å². The van der Waals surface area contributed by atoms with Gasteiger partial charge in [0, 0.05) is 0 Å². The molecule has 0 unspecified atom stereocenters. The average Bonchev–Trinajstić information content (AvgIpc) is 2.50. The number of carboxylic acids is 1. The maximum absolute atomic E-state index is 13.1. The first-order chi connectivity index (χ1) is 11.4. The van der Waals surface area contributed by atoms with E-state index in [0.717, 1.165) is 11.1 Å². The Morgan fingerprint density at radius 1 is 1.12 bits per heavy atom. The predicted molar refractivity (Wildman–Crippen MR) is 76.6 cm³/mol. The molecule has 0 aliphatic rings. The van der Waals surface area contributed by atoms with Crippen molar-refractivity contribution in [3.8, 4) is 5.75 Å². The molecule has 25 heavy (non-hydrogen) atoms. The highest BCUT2D eigenvalue weighted by molar-refractivity contribution is 5.88. The number of hydrogen-bond acceptors (Lipinski definition) is 5. The standard InChI is InChI=1S/C16H18F4O5/c1-9(2)11-5-4-10(3)8-12(11)24-6-7-25-14(23)16(19,20)15(17,18)13(21)22/h4-5,8-9H,6-7H2,1-3H3,(H,21,22)/p-1. The van der Waals surface area contributed by atoms with Crippen LogP contribution in [0.5, 0.6) is 5.75 Å². The van der Waals surface area contributed by atoms with E-state index in [-0.39, 0.29) is 12.5 Å². The summed E-state index contributed by atoms with van der Waals surface area (Å²) in [4.78, 5) is 21.1. The first-order valence-corrected chi connectivity index (χ1v) is 7.29. The number of hydrogen-bond donors (Lipinski definition) is 0. The highest BCUT2D eigenvalue weighted by atomic mass is 19.3. The molecule has 0 amide bonds. The molecule has 0 N–H and O–H groups in total. The molecule has 0 radical (unpaired) electrons. The van der Waals surface area contributed by atoms with Gasteiger partial charge in [0.1, 0.15) is 24.9 Å². The van der Waals surface area contributed by atoms with Gasteiger partial charge in [0.25, 0.3) is 0 Å². The zero-order chi connectivity index (χ0) is 19.4. The smallest absolute Gasteiger partial charge is 0.410 e. The van der Waals surface area contributed by atoms with Crippen molar-refractivity contribution in [1.29, 1.82) is 0 Å². The molecule has 0 bridgehead atoms. The molecule has 0 aromatic heterocycles. The van der Waals surface area contributed by atoms with E-state index < -0.39 is 30.4 Å². The Hall–Kier alpha value is -2.32. The number of esters is 1. The molecule has 0 saturated heterocycles. The summed E-state index contributed by atoms with van der Waals surface area (Å²) in [5.74, 6) is -16.7. The van der Waals surface area contributed by atoms with Gasteiger partial charge < -0.3 is 19.4 Å². The van der Waals surface area contributed by atoms with E-state index in [4.69, 9.17) is 4.74 Å². The lowest BCUT2D eigenvalue weighted by atomic mass is 10.0. The summed E-state index contributed by atoms with van der Waals surface area (Å²) in [6.45, 7) is 4.48. The first kappa shape index (κ1) is 20.7. The summed E-state index contributed by atoms with van der Waals surface area (Å²) in [5, 5.41) is 10.0. The van der Waals surface area contributed by atoms with Crippen LogP contribution in [-0.2, 0) is 14.3 Å². The van der Waals surface area contributed by atoms with Crippen molar-refractivity contribution in [2.75, 3.05) is 13.2 Å². The Bertz CT molecular complexity index is 643. The molecule has 1 rings (SSSR count). The summed E-state index contributed by atoms with van der Waals surface area (Å²) in [7, 11) is 0. The highest BCUT2D eigenvalue weighted by Crippen LogP contribution is 2.35. The molecule has 0 fully saturated rings. The molecule has 0 aliphatic heterocycles. The van der Waals surface area contributed by atoms with Crippen molar-refractivity contribution in [3.63, 3.8) is 0 Å². The predicted octanol–water partition coefficient (Wildman–Crippen LogP) is 2.06. The van der Waals surface area contributed by atoms with E-state index in [0.29, 0.717) is 5.75 Å². The number of carbonyl (C=O) groups is 2. The van der Waals surface area contributed by atoms with Crippen molar-refractivity contribution < 1.29 is 41.7 Å². The van der Waals surface area contributed by atoms with Crippen LogP contribution in [0.2, 0.25) is 0 Å². The fourth-order valence-electron chi connectivity index (χ4n) is 1.88. The zero-order valence-corrected chi connectivity index (χ0v) is 13.8. The van der Waals surface area contributed by atoms with Crippen molar-refractivity contribution in [3.05, 3.63) is 29.3 Å². The number of carboxylic acid groups (broad SMARTS) is 1. The maximum atomic E-state index is 13.1. The van der Waals surface area contributed by atoms with Crippen LogP contribution in [0.4, 0.5) is 17.6 Å². The third-order valence-electron chi connectivity index (χ3n) is 3.27. The third-order valence-corrected chi connectivity index (χ3v) is 3.27. The minimum atomic E-state index is -5.67. The van der Waals surface area contributed by atoms with Crippen molar-refractivity contribution in [1.82, 2.24) is 0 Å². The monoisotopic (exact) mass is 365 g/mol. The number of benzene rings is 1. The Balaban J connectivity index is 2.66. The quantitative estimate of drug-likeness (QED) is 0.400. The lowest BCUT2D eigenvalue weighted by Crippen LogP contribution is -2.58. The summed E-state index contributed by atoms with van der Waals surface area (Å²) >= 11 is 0. The maximum Gasteiger partial charge on any atom is 0.410 e. The topological polar surface area (TPSA) is 75.7 Å². The molecule has 140 valence electrons. The van der Waals surface area contributed by atoms with Gasteiger partial charge >= 0.3 is 17.8 Å². The third kappa shape index (κ3) is 4.61. The van der Waals surface area contributed by atoms with Crippen LogP contribution in [0.15, 0.2) is 18.2 Å². The molecular formula is C16H17F4O5-. The van der Waals surface area contributed by atoms with Gasteiger partial charge in [0.15, 0.2) is 0 Å². The number of ether oxygens (including phenoxy) is 2. The lowest BCUT2D eigenvalue weighted by molar-refractivity contribution is -0.346. The second-order valence-corrected chi connectivity index (χ2v) is 5.62. The zero-order valence-electron chi connectivity index (χ0n) is 13.8. The fraction of sp³-hybridized carbons (Fsp3) is 0.500. The minimum absolute atomic E-state index is 0.101. The van der Waals surface area contributed by atoms with Gasteiger partial charge in [-0.1, -0.05) is 26.0 Å². The summed E-state index contributed by atoms with van der Waals surface area (Å²) in [6, 6.07) is 5.36. The number of aliphatic carboxylic acids is 1. The molecule has 0 saturated carbocycles. The Kier molecular flexibility index (Phi) is 6.39. The number of halogens is 4. The van der Waals surface area contributed by atoms with Gasteiger partial charge in [0.2, 0.25) is 0 Å². The van der Waals surface area contributed by atoms with Gasteiger partial charge in [-0.05, 0) is 30.0 Å². The van der Waals surface area contributed by atoms with Crippen LogP contribution in [-0.4, -0.2) is 37.0 Å². The Morgan fingerprint density at radius 2 is 1.72 bits per heavy atom. The van der Waals surface area contributed by atoms with Crippen LogP contribution in [0.25, 0.3) is 0 Å². The van der Waals surface area contributed by atoms with Gasteiger partial charge in [-0.2, -0.15) is 17.6 Å². The van der Waals surface area contributed by atoms with Crippen LogP contribution >= 0.6 is 0 Å². The van der Waals surface area contributed by atoms with E-state index in [1.54, 1.807) is 13.0 Å². The molecular weight excluding hydrogens is 348 g/mol. The van der Waals surface area contributed by atoms with Crippen LogP contribution in [0, 0.1) is 6.92 Å². The number of rotatable bonds is 8. The van der Waals surface area contributed by atoms with Crippen molar-refractivity contribution in [2.45, 2.75) is 38.5 Å². The van der Waals surface area contributed by atoms with Crippen LogP contribution in [0.3, 0.4) is 0 Å². The Labute approximate surface area is 141 Å². The van der Waals surface area contributed by atoms with Gasteiger partial charge in [-0.25, -0.2) is 4.79 Å². The molecule has 0 spiro atoms. The van der Waals surface area contributed by atoms with Crippen molar-refractivity contribution >= 4 is 11.9 Å². The van der Waals surface area contributed by atoms with E-state index >= 15 is 0 Å². The van der Waals surface area contributed by atoms with Crippen LogP contribution in [0.1, 0.15) is 30.9 Å². The number of aryl methyl sites for hydroxylation is 1. The van der Waals surface area contributed by atoms with E-state index in [1.165, 1.54) is 0 Å². The lowest BCUT2D eigenvalue weighted by Gasteiger charge is -2.25. The Morgan fingerprint density at radius 3 is 2.24 bits per heavy atom. The van der Waals surface area contributed by atoms with Gasteiger partial charge in [-0.3, -0.25) is 0 Å². The SMILES string of the molecule is Cc1ccc(C(C)C)c(OCCOC(=O)C(F)(F)C(F)(F)C(=O)[O-])c1. The second kappa shape index (κ2) is 7.71. The summed E-state index contributed by atoms with van der Waals surface area (Å²) in [6.07, 6.45) is 0. The number of alkyl halides is 4. The normalized spacial score (nSPS) is 12.2. The average molecular weight is 365 g/mol. The second-order valence-electron chi connectivity index (χ2n) is 5.62. The molecule has 0 heterocycles. The molecule has 0 atom stereocenters. The molecule has 9 heteroatoms. The molecule has 1 aromatic rings. The number of carbonyl (C=O) groups excluding carboxylic acids is 2. The van der Waals surface area contributed by atoms with Crippen LogP contribution < -0.4 is 9.84 Å². The molecule has 1 aromatic carbocycles. The summed E-state index contributed by atoms with van der Waals surface area (Å²) < 4.78 is 61.2. The minimum Gasteiger partial charge on any atom is -0.544 e. The molecule has 0 aliphatic carbocycles. The molecule has 5 nitrogen and oxygen atoms in total. The summed E-state index contributed by atoms with van der Waals surface area (Å²) in [5.41, 5.74) is 1.70. The highest BCUT2D eigenvalue weighted by Gasteiger charge is 2.64. The van der Waals surface area contributed by atoms with E-state index in [2.05, 4.69) is 4.74 Å². The van der Waals surface area contributed by atoms with Gasteiger partial charge in [-0.15, -0.1) is 0 Å².